The van der Waals surface area contributed by atoms with Gasteiger partial charge in [0.05, 0.1) is 17.9 Å². The zero-order chi connectivity index (χ0) is 38.4. The molecule has 3 unspecified atom stereocenters. The highest BCUT2D eigenvalue weighted by Gasteiger charge is 2.27. The van der Waals surface area contributed by atoms with Gasteiger partial charge in [0, 0.05) is 0 Å². The number of hydrogen-bond donors (Lipinski definition) is 4. The third kappa shape index (κ3) is 36.9. The summed E-state index contributed by atoms with van der Waals surface area (Å²) in [4.78, 5) is 12.6. The van der Waals surface area contributed by atoms with E-state index in [1.807, 2.05) is 0 Å². The third-order valence-electron chi connectivity index (χ3n) is 9.90. The average Bonchev–Trinajstić information content (AvgIpc) is 3.11. The summed E-state index contributed by atoms with van der Waals surface area (Å²) in [5, 5.41) is 23.4. The Hall–Kier alpha value is -1.48. The van der Waals surface area contributed by atoms with Crippen LogP contribution in [0.5, 0.6) is 0 Å². The predicted octanol–water partition coefficient (Wildman–Crippen LogP) is 11.9. The van der Waals surface area contributed by atoms with Gasteiger partial charge in [-0.1, -0.05) is 192 Å². The molecule has 1 amide bonds. The second-order valence-corrected chi connectivity index (χ2v) is 16.6. The van der Waals surface area contributed by atoms with E-state index in [-0.39, 0.29) is 6.42 Å². The molecule has 0 radical (unpaired) electrons. The minimum absolute atomic E-state index is 0.260. The molecule has 0 fully saturated rings. The highest BCUT2D eigenvalue weighted by atomic mass is 32.2. The molecule has 0 rings (SSSR count). The van der Waals surface area contributed by atoms with Crippen molar-refractivity contribution in [1.82, 2.24) is 5.32 Å². The Morgan fingerprint density at radius 2 is 0.865 bits per heavy atom. The summed E-state index contributed by atoms with van der Waals surface area (Å²) in [5.74, 6) is -1.57. The quantitative estimate of drug-likeness (QED) is 0.0281. The van der Waals surface area contributed by atoms with Crippen molar-refractivity contribution >= 4 is 16.0 Å². The minimum atomic E-state index is -4.45. The fraction of sp³-hybridized carbons (Fsp3) is 0.841. The molecule has 0 aliphatic rings. The molecule has 7 nitrogen and oxygen atoms in total. The lowest BCUT2D eigenvalue weighted by Crippen LogP contribution is -2.50. The Bertz CT molecular complexity index is 979. The van der Waals surface area contributed by atoms with E-state index in [1.54, 1.807) is 6.08 Å². The zero-order valence-electron chi connectivity index (χ0n) is 33.8. The normalized spacial score (nSPS) is 14.2. The molecule has 0 aliphatic heterocycles. The van der Waals surface area contributed by atoms with Crippen molar-refractivity contribution in [3.05, 3.63) is 36.5 Å². The largest absolute Gasteiger partial charge is 0.387 e. The van der Waals surface area contributed by atoms with Gasteiger partial charge in [-0.05, 0) is 57.8 Å². The highest BCUT2D eigenvalue weighted by Crippen LogP contribution is 2.14. The number of aliphatic hydroxyl groups excluding tert-OH is 2. The molecule has 0 saturated carbocycles. The Morgan fingerprint density at radius 3 is 1.27 bits per heavy atom. The Balaban J connectivity index is 4.07. The number of carbonyl (C=O) groups excluding carboxylic acids is 1. The number of carbonyl (C=O) groups is 1. The Morgan fingerprint density at radius 1 is 0.519 bits per heavy atom. The molecule has 0 aliphatic carbocycles. The van der Waals surface area contributed by atoms with Crippen molar-refractivity contribution in [3.63, 3.8) is 0 Å². The van der Waals surface area contributed by atoms with Crippen LogP contribution in [0.1, 0.15) is 213 Å². The highest BCUT2D eigenvalue weighted by molar-refractivity contribution is 7.85. The van der Waals surface area contributed by atoms with E-state index >= 15 is 0 Å². The summed E-state index contributed by atoms with van der Waals surface area (Å²) in [6.45, 7) is 4.52. The van der Waals surface area contributed by atoms with Gasteiger partial charge in [-0.2, -0.15) is 8.42 Å². The van der Waals surface area contributed by atoms with E-state index in [2.05, 4.69) is 43.5 Å². The summed E-state index contributed by atoms with van der Waals surface area (Å²) in [6, 6.07) is -1.25. The molecular weight excluding hydrogens is 671 g/mol. The smallest absolute Gasteiger partial charge is 0.267 e. The first kappa shape index (κ1) is 50.5. The molecule has 0 aromatic carbocycles. The van der Waals surface area contributed by atoms with Gasteiger partial charge in [-0.3, -0.25) is 9.35 Å². The fourth-order valence-corrected chi connectivity index (χ4v) is 7.26. The second kappa shape index (κ2) is 37.8. The van der Waals surface area contributed by atoms with Gasteiger partial charge in [0.25, 0.3) is 10.1 Å². The van der Waals surface area contributed by atoms with Crippen molar-refractivity contribution in [2.45, 2.75) is 231 Å². The lowest BCUT2D eigenvalue weighted by molar-refractivity contribution is -0.130. The number of aliphatic hydroxyl groups is 2. The standard InChI is InChI=1S/C44H83NO6S/c1-3-5-7-9-11-13-15-17-19-21-23-24-26-28-30-32-34-36-38-42(46)41(40-52(49,50)51)45-44(48)43(47)39-37-35-33-31-29-27-25-22-20-18-16-14-12-10-8-6-4-2/h25,27-28,30,36,38,41-43,46-47H,3-24,26,29,31-35,37,39-40H2,1-2H3,(H,45,48)(H,49,50,51)/b27-25-,30-28+,38-36+. The van der Waals surface area contributed by atoms with Gasteiger partial charge in [0.1, 0.15) is 6.10 Å². The van der Waals surface area contributed by atoms with Gasteiger partial charge < -0.3 is 15.5 Å². The van der Waals surface area contributed by atoms with Gasteiger partial charge in [-0.15, -0.1) is 0 Å². The first-order valence-electron chi connectivity index (χ1n) is 21.8. The van der Waals surface area contributed by atoms with Crippen LogP contribution in [0.15, 0.2) is 36.5 Å². The van der Waals surface area contributed by atoms with E-state index in [0.29, 0.717) is 12.8 Å². The second-order valence-electron chi connectivity index (χ2n) is 15.1. The van der Waals surface area contributed by atoms with Crippen LogP contribution in [0.4, 0.5) is 0 Å². The molecule has 52 heavy (non-hydrogen) atoms. The van der Waals surface area contributed by atoms with Crippen LogP contribution >= 0.6 is 0 Å². The SMILES string of the molecule is CCCCCCCCCCC/C=C\CCCCCCC(O)C(=O)NC(CS(=O)(=O)O)C(O)/C=C/CC/C=C/CCCCCCCCCCCCCC. The van der Waals surface area contributed by atoms with Crippen molar-refractivity contribution in [3.8, 4) is 0 Å². The first-order valence-corrected chi connectivity index (χ1v) is 23.4. The van der Waals surface area contributed by atoms with Crippen LogP contribution < -0.4 is 5.32 Å². The van der Waals surface area contributed by atoms with Crippen LogP contribution in [0.3, 0.4) is 0 Å². The number of unbranched alkanes of at least 4 members (excludes halogenated alkanes) is 26. The zero-order valence-corrected chi connectivity index (χ0v) is 34.6. The minimum Gasteiger partial charge on any atom is -0.387 e. The van der Waals surface area contributed by atoms with E-state index in [4.69, 9.17) is 0 Å². The molecule has 0 spiro atoms. The summed E-state index contributed by atoms with van der Waals surface area (Å²) in [6.07, 6.45) is 46.3. The molecule has 306 valence electrons. The van der Waals surface area contributed by atoms with Gasteiger partial charge >= 0.3 is 0 Å². The van der Waals surface area contributed by atoms with Gasteiger partial charge in [0.2, 0.25) is 5.91 Å². The molecule has 0 aromatic heterocycles. The van der Waals surface area contributed by atoms with Gasteiger partial charge in [-0.25, -0.2) is 0 Å². The summed E-state index contributed by atoms with van der Waals surface area (Å²) < 4.78 is 32.5. The molecule has 0 bridgehead atoms. The topological polar surface area (TPSA) is 124 Å². The van der Waals surface area contributed by atoms with Crippen LogP contribution in [-0.2, 0) is 14.9 Å². The van der Waals surface area contributed by atoms with Crippen molar-refractivity contribution in [2.75, 3.05) is 5.75 Å². The third-order valence-corrected chi connectivity index (χ3v) is 10.7. The number of hydrogen-bond acceptors (Lipinski definition) is 5. The molecule has 4 N–H and O–H groups in total. The Labute approximate surface area is 321 Å². The number of allylic oxidation sites excluding steroid dienone is 5. The molecular formula is C44H83NO6S. The van der Waals surface area contributed by atoms with Crippen molar-refractivity contribution in [1.29, 1.82) is 0 Å². The maximum atomic E-state index is 12.6. The van der Waals surface area contributed by atoms with E-state index in [0.717, 1.165) is 44.9 Å². The molecule has 8 heteroatoms. The molecule has 0 saturated heterocycles. The summed E-state index contributed by atoms with van der Waals surface area (Å²) in [7, 11) is -4.45. The monoisotopic (exact) mass is 754 g/mol. The van der Waals surface area contributed by atoms with Crippen molar-refractivity contribution < 1.29 is 28.0 Å². The molecule has 0 heterocycles. The number of nitrogens with one attached hydrogen (secondary N) is 1. The predicted molar refractivity (Wildman–Crippen MR) is 222 cm³/mol. The number of amides is 1. The van der Waals surface area contributed by atoms with E-state index < -0.39 is 40.0 Å². The van der Waals surface area contributed by atoms with E-state index in [9.17, 15) is 28.0 Å². The first-order chi connectivity index (χ1) is 25.2. The molecule has 0 aromatic rings. The van der Waals surface area contributed by atoms with Crippen LogP contribution in [0.25, 0.3) is 0 Å². The Kier molecular flexibility index (Phi) is 36.7. The molecule has 3 atom stereocenters. The van der Waals surface area contributed by atoms with Crippen LogP contribution in [0.2, 0.25) is 0 Å². The fourth-order valence-electron chi connectivity index (χ4n) is 6.53. The maximum absolute atomic E-state index is 12.6. The summed E-state index contributed by atoms with van der Waals surface area (Å²) >= 11 is 0. The maximum Gasteiger partial charge on any atom is 0.267 e. The average molecular weight is 754 g/mol. The van der Waals surface area contributed by atoms with Gasteiger partial charge in [0.15, 0.2) is 0 Å². The lowest BCUT2D eigenvalue weighted by atomic mass is 10.0. The van der Waals surface area contributed by atoms with Crippen LogP contribution in [-0.4, -0.2) is 53.1 Å². The van der Waals surface area contributed by atoms with Crippen molar-refractivity contribution in [2.24, 2.45) is 0 Å². The number of rotatable bonds is 39. The van der Waals surface area contributed by atoms with Crippen LogP contribution in [0, 0.1) is 0 Å². The van der Waals surface area contributed by atoms with E-state index in [1.165, 1.54) is 141 Å². The lowest BCUT2D eigenvalue weighted by Gasteiger charge is -2.22. The summed E-state index contributed by atoms with van der Waals surface area (Å²) in [5.41, 5.74) is 0.